The molecule has 0 aliphatic carbocycles. The third-order valence-corrected chi connectivity index (χ3v) is 4.60. The van der Waals surface area contributed by atoms with Gasteiger partial charge in [0, 0.05) is 17.8 Å². The van der Waals surface area contributed by atoms with Crippen molar-refractivity contribution in [3.63, 3.8) is 0 Å². The number of carbonyl (C=O) groups is 2. The molecule has 156 valence electrons. The summed E-state index contributed by atoms with van der Waals surface area (Å²) in [5.74, 6) is -0.154. The number of benzene rings is 3. The predicted octanol–water partition coefficient (Wildman–Crippen LogP) is 4.05. The van der Waals surface area contributed by atoms with Crippen LogP contribution in [0, 0.1) is 0 Å². The molecule has 0 unspecified atom stereocenters. The first-order valence-corrected chi connectivity index (χ1v) is 9.27. The number of hydrogen-bond acceptors (Lipinski definition) is 6. The molecule has 7 nitrogen and oxygen atoms in total. The van der Waals surface area contributed by atoms with E-state index in [2.05, 4.69) is 5.32 Å². The maximum Gasteiger partial charge on any atom is 0.342 e. The topological polar surface area (TPSA) is 83.1 Å². The summed E-state index contributed by atoms with van der Waals surface area (Å²) in [7, 11) is 4.36. The van der Waals surface area contributed by atoms with Crippen molar-refractivity contribution in [3.8, 4) is 17.2 Å². The first kappa shape index (κ1) is 21.0. The van der Waals surface area contributed by atoms with Crippen molar-refractivity contribution in [1.82, 2.24) is 0 Å². The Labute approximate surface area is 174 Å². The zero-order valence-electron chi connectivity index (χ0n) is 17.2. The van der Waals surface area contributed by atoms with Crippen LogP contribution in [0.1, 0.15) is 17.3 Å². The second-order valence-electron chi connectivity index (χ2n) is 6.51. The van der Waals surface area contributed by atoms with Gasteiger partial charge in [0.25, 0.3) is 5.91 Å². The first-order valence-electron chi connectivity index (χ1n) is 9.27. The van der Waals surface area contributed by atoms with Gasteiger partial charge < -0.3 is 24.3 Å². The van der Waals surface area contributed by atoms with Crippen molar-refractivity contribution in [2.45, 2.75) is 13.0 Å². The minimum Gasteiger partial charge on any atom is -0.496 e. The van der Waals surface area contributed by atoms with E-state index in [0.29, 0.717) is 17.2 Å². The Hall–Kier alpha value is -3.74. The summed E-state index contributed by atoms with van der Waals surface area (Å²) in [5, 5.41) is 4.83. The van der Waals surface area contributed by atoms with Crippen molar-refractivity contribution in [3.05, 3.63) is 60.2 Å². The molecule has 3 aromatic carbocycles. The monoisotopic (exact) mass is 409 g/mol. The fourth-order valence-electron chi connectivity index (χ4n) is 2.98. The average molecular weight is 409 g/mol. The molecule has 1 amide bonds. The lowest BCUT2D eigenvalue weighted by Gasteiger charge is -2.16. The van der Waals surface area contributed by atoms with Gasteiger partial charge in [0.05, 0.1) is 21.3 Å². The molecule has 0 saturated carbocycles. The second kappa shape index (κ2) is 9.17. The number of fused-ring (bicyclic) bond motifs is 1. The van der Waals surface area contributed by atoms with Crippen molar-refractivity contribution in [1.29, 1.82) is 0 Å². The number of methoxy groups -OCH3 is 3. The van der Waals surface area contributed by atoms with Gasteiger partial charge in [-0.05, 0) is 29.8 Å². The molecule has 0 heterocycles. The Morgan fingerprint density at radius 1 is 0.800 bits per heavy atom. The highest BCUT2D eigenvalue weighted by atomic mass is 16.6. The van der Waals surface area contributed by atoms with Crippen LogP contribution in [0.2, 0.25) is 0 Å². The summed E-state index contributed by atoms with van der Waals surface area (Å²) in [6, 6.07) is 16.4. The zero-order chi connectivity index (χ0) is 21.7. The van der Waals surface area contributed by atoms with Gasteiger partial charge in [0.1, 0.15) is 11.3 Å². The van der Waals surface area contributed by atoms with E-state index in [1.54, 1.807) is 6.07 Å². The maximum atomic E-state index is 12.7. The van der Waals surface area contributed by atoms with E-state index >= 15 is 0 Å². The number of rotatable bonds is 7. The molecule has 0 saturated heterocycles. The highest BCUT2D eigenvalue weighted by Crippen LogP contribution is 2.35. The number of amides is 1. The molecule has 0 bridgehead atoms. The Morgan fingerprint density at radius 3 is 2.10 bits per heavy atom. The Kier molecular flexibility index (Phi) is 6.41. The van der Waals surface area contributed by atoms with Crippen LogP contribution in [0.4, 0.5) is 5.69 Å². The van der Waals surface area contributed by atoms with Crippen LogP contribution in [-0.4, -0.2) is 39.3 Å². The summed E-state index contributed by atoms with van der Waals surface area (Å²) >= 11 is 0. The molecule has 0 radical (unpaired) electrons. The minimum absolute atomic E-state index is 0.125. The molecule has 3 aromatic rings. The summed E-state index contributed by atoms with van der Waals surface area (Å²) in [6.45, 7) is 1.50. The van der Waals surface area contributed by atoms with Crippen molar-refractivity contribution in [2.24, 2.45) is 0 Å². The zero-order valence-corrected chi connectivity index (χ0v) is 17.2. The van der Waals surface area contributed by atoms with E-state index in [9.17, 15) is 9.59 Å². The number of esters is 1. The van der Waals surface area contributed by atoms with Crippen LogP contribution in [0.15, 0.2) is 54.6 Å². The molecular weight excluding hydrogens is 386 g/mol. The van der Waals surface area contributed by atoms with Crippen LogP contribution < -0.4 is 19.5 Å². The molecule has 0 spiro atoms. The largest absolute Gasteiger partial charge is 0.496 e. The lowest BCUT2D eigenvalue weighted by atomic mass is 10.1. The number of anilines is 1. The first-order chi connectivity index (χ1) is 14.5. The smallest absolute Gasteiger partial charge is 0.342 e. The Morgan fingerprint density at radius 2 is 1.43 bits per heavy atom. The van der Waals surface area contributed by atoms with E-state index in [1.165, 1.54) is 40.4 Å². The molecule has 0 aliphatic rings. The van der Waals surface area contributed by atoms with Gasteiger partial charge in [-0.25, -0.2) is 4.79 Å². The number of carbonyl (C=O) groups excluding carboxylic acids is 2. The molecule has 0 aromatic heterocycles. The molecular formula is C23H23NO6. The van der Waals surface area contributed by atoms with E-state index < -0.39 is 18.0 Å². The normalized spacial score (nSPS) is 11.5. The van der Waals surface area contributed by atoms with Gasteiger partial charge in [-0.1, -0.05) is 30.3 Å². The molecule has 1 atom stereocenters. The molecule has 7 heteroatoms. The lowest BCUT2D eigenvalue weighted by Crippen LogP contribution is -2.30. The van der Waals surface area contributed by atoms with Gasteiger partial charge in [0.2, 0.25) is 0 Å². The Balaban J connectivity index is 1.73. The van der Waals surface area contributed by atoms with Gasteiger partial charge in [-0.3, -0.25) is 4.79 Å². The van der Waals surface area contributed by atoms with E-state index in [-0.39, 0.29) is 11.3 Å². The minimum atomic E-state index is -1.03. The van der Waals surface area contributed by atoms with Crippen molar-refractivity contribution >= 4 is 28.3 Å². The van der Waals surface area contributed by atoms with Crippen LogP contribution in [0.5, 0.6) is 17.2 Å². The third kappa shape index (κ3) is 4.46. The Bertz CT molecular complexity index is 1080. The number of ether oxygens (including phenoxy) is 4. The van der Waals surface area contributed by atoms with Crippen LogP contribution >= 0.6 is 0 Å². The van der Waals surface area contributed by atoms with Crippen LogP contribution in [0.3, 0.4) is 0 Å². The number of nitrogens with one attached hydrogen (secondary N) is 1. The fourth-order valence-corrected chi connectivity index (χ4v) is 2.98. The van der Waals surface area contributed by atoms with Crippen molar-refractivity contribution < 1.29 is 28.5 Å². The summed E-state index contributed by atoms with van der Waals surface area (Å²) in [5.41, 5.74) is 0.741. The average Bonchev–Trinajstić information content (AvgIpc) is 2.77. The molecule has 30 heavy (non-hydrogen) atoms. The predicted molar refractivity (Wildman–Crippen MR) is 114 cm³/mol. The quantitative estimate of drug-likeness (QED) is 0.593. The summed E-state index contributed by atoms with van der Waals surface area (Å²) < 4.78 is 21.0. The third-order valence-electron chi connectivity index (χ3n) is 4.60. The highest BCUT2D eigenvalue weighted by molar-refractivity contribution is 6.00. The second-order valence-corrected chi connectivity index (χ2v) is 6.51. The van der Waals surface area contributed by atoms with Gasteiger partial charge in [-0.2, -0.15) is 0 Å². The standard InChI is InChI=1S/C23H23NO6/c1-14(22(25)24-17-10-9-15-7-5-6-8-16(15)11-17)30-23(26)18-12-20(28-3)21(29-4)13-19(18)27-2/h5-14H,1-4H3,(H,24,25)/t14-/m1/s1. The summed E-state index contributed by atoms with van der Waals surface area (Å²) in [4.78, 5) is 25.2. The lowest BCUT2D eigenvalue weighted by molar-refractivity contribution is -0.123. The van der Waals surface area contributed by atoms with E-state index in [4.69, 9.17) is 18.9 Å². The SMILES string of the molecule is COc1cc(OC)c(C(=O)O[C@H](C)C(=O)Nc2ccc3ccccc3c2)cc1OC. The molecule has 0 aliphatic heterocycles. The van der Waals surface area contributed by atoms with E-state index in [1.807, 2.05) is 36.4 Å². The summed E-state index contributed by atoms with van der Waals surface area (Å²) in [6.07, 6.45) is -1.03. The van der Waals surface area contributed by atoms with Crippen LogP contribution in [0.25, 0.3) is 10.8 Å². The van der Waals surface area contributed by atoms with E-state index in [0.717, 1.165) is 10.8 Å². The molecule has 0 fully saturated rings. The maximum absolute atomic E-state index is 12.7. The highest BCUT2D eigenvalue weighted by Gasteiger charge is 2.24. The van der Waals surface area contributed by atoms with Gasteiger partial charge in [-0.15, -0.1) is 0 Å². The van der Waals surface area contributed by atoms with Crippen LogP contribution in [-0.2, 0) is 9.53 Å². The van der Waals surface area contributed by atoms with Gasteiger partial charge in [0.15, 0.2) is 17.6 Å². The fraction of sp³-hybridized carbons (Fsp3) is 0.217. The van der Waals surface area contributed by atoms with Crippen molar-refractivity contribution in [2.75, 3.05) is 26.6 Å². The molecule has 1 N–H and O–H groups in total. The number of hydrogen-bond donors (Lipinski definition) is 1. The molecule has 3 rings (SSSR count). The van der Waals surface area contributed by atoms with Gasteiger partial charge >= 0.3 is 5.97 Å².